The van der Waals surface area contributed by atoms with Gasteiger partial charge < -0.3 is 4.74 Å². The van der Waals surface area contributed by atoms with Crippen molar-refractivity contribution >= 4 is 0 Å². The molecule has 2 rings (SSSR count). The van der Waals surface area contributed by atoms with Gasteiger partial charge in [0.05, 0.1) is 12.2 Å². The van der Waals surface area contributed by atoms with Gasteiger partial charge in [-0.2, -0.15) is 13.2 Å². The van der Waals surface area contributed by atoms with Gasteiger partial charge in [-0.1, -0.05) is 12.1 Å². The lowest BCUT2D eigenvalue weighted by atomic mass is 9.95. The van der Waals surface area contributed by atoms with Crippen molar-refractivity contribution < 1.29 is 17.9 Å². The average Bonchev–Trinajstić information content (AvgIpc) is 2.26. The molecule has 0 bridgehead atoms. The Labute approximate surface area is 91.4 Å². The summed E-state index contributed by atoms with van der Waals surface area (Å²) in [4.78, 5) is 0. The van der Waals surface area contributed by atoms with Crippen LogP contribution in [-0.2, 0) is 17.3 Å². The first-order valence-electron chi connectivity index (χ1n) is 5.02. The zero-order valence-electron chi connectivity index (χ0n) is 8.77. The molecule has 5 heteroatoms. The number of hydrogen-bond donors (Lipinski definition) is 1. The molecule has 1 unspecified atom stereocenters. The van der Waals surface area contributed by atoms with Crippen molar-refractivity contribution in [1.29, 1.82) is 0 Å². The van der Waals surface area contributed by atoms with E-state index in [1.807, 2.05) is 0 Å². The number of halogens is 3. The van der Waals surface area contributed by atoms with Gasteiger partial charge in [0.15, 0.2) is 0 Å². The molecule has 1 aromatic rings. The van der Waals surface area contributed by atoms with Gasteiger partial charge in [0, 0.05) is 0 Å². The SMILES string of the molecule is CNC1OCCc2c1cccc2C(F)(F)F. The zero-order chi connectivity index (χ0) is 11.8. The van der Waals surface area contributed by atoms with Gasteiger partial charge in [-0.3, -0.25) is 5.32 Å². The highest BCUT2D eigenvalue weighted by molar-refractivity contribution is 5.39. The lowest BCUT2D eigenvalue weighted by molar-refractivity contribution is -0.138. The first-order chi connectivity index (χ1) is 7.54. The molecule has 1 heterocycles. The minimum absolute atomic E-state index is 0.309. The van der Waals surface area contributed by atoms with Crippen molar-refractivity contribution in [3.05, 3.63) is 34.9 Å². The number of nitrogens with one attached hydrogen (secondary N) is 1. The monoisotopic (exact) mass is 231 g/mol. The third-order valence-electron chi connectivity index (χ3n) is 2.70. The van der Waals surface area contributed by atoms with Crippen LogP contribution in [0, 0.1) is 0 Å². The van der Waals surface area contributed by atoms with Crippen LogP contribution in [0.4, 0.5) is 13.2 Å². The number of fused-ring (bicyclic) bond motifs is 1. The topological polar surface area (TPSA) is 21.3 Å². The van der Waals surface area contributed by atoms with Crippen molar-refractivity contribution in [2.45, 2.75) is 18.8 Å². The highest BCUT2D eigenvalue weighted by Crippen LogP contribution is 2.37. The maximum atomic E-state index is 12.7. The fourth-order valence-electron chi connectivity index (χ4n) is 2.00. The molecule has 1 atom stereocenters. The summed E-state index contributed by atoms with van der Waals surface area (Å²) < 4.78 is 43.6. The van der Waals surface area contributed by atoms with E-state index in [0.29, 0.717) is 24.2 Å². The molecule has 0 aliphatic carbocycles. The Hall–Kier alpha value is -1.07. The molecule has 1 aliphatic heterocycles. The Bertz CT molecular complexity index is 389. The van der Waals surface area contributed by atoms with Gasteiger partial charge in [0.25, 0.3) is 0 Å². The van der Waals surface area contributed by atoms with Gasteiger partial charge in [0.2, 0.25) is 0 Å². The summed E-state index contributed by atoms with van der Waals surface area (Å²) in [6.07, 6.45) is -4.42. The number of ether oxygens (including phenoxy) is 1. The summed E-state index contributed by atoms with van der Waals surface area (Å²) in [5.41, 5.74) is 0.387. The van der Waals surface area contributed by atoms with Crippen LogP contribution < -0.4 is 5.32 Å². The molecule has 1 aliphatic rings. The van der Waals surface area contributed by atoms with Crippen LogP contribution in [0.1, 0.15) is 22.9 Å². The normalized spacial score (nSPS) is 20.6. The van der Waals surface area contributed by atoms with Crippen LogP contribution in [0.5, 0.6) is 0 Å². The molecular formula is C11H12F3NO. The Morgan fingerprint density at radius 1 is 1.38 bits per heavy atom. The Morgan fingerprint density at radius 2 is 2.12 bits per heavy atom. The van der Waals surface area contributed by atoms with E-state index in [2.05, 4.69) is 5.32 Å². The van der Waals surface area contributed by atoms with Gasteiger partial charge in [-0.25, -0.2) is 0 Å². The van der Waals surface area contributed by atoms with E-state index in [-0.39, 0.29) is 0 Å². The van der Waals surface area contributed by atoms with Crippen molar-refractivity contribution in [2.24, 2.45) is 0 Å². The lowest BCUT2D eigenvalue weighted by Gasteiger charge is -2.27. The molecule has 88 valence electrons. The highest BCUT2D eigenvalue weighted by Gasteiger charge is 2.35. The van der Waals surface area contributed by atoms with Crippen LogP contribution >= 0.6 is 0 Å². The summed E-state index contributed by atoms with van der Waals surface area (Å²) in [5, 5.41) is 2.85. The lowest BCUT2D eigenvalue weighted by Crippen LogP contribution is -2.28. The van der Waals surface area contributed by atoms with Crippen molar-refractivity contribution in [1.82, 2.24) is 5.32 Å². The first-order valence-corrected chi connectivity index (χ1v) is 5.02. The summed E-state index contributed by atoms with van der Waals surface area (Å²) in [7, 11) is 1.67. The van der Waals surface area contributed by atoms with Crippen LogP contribution in [0.3, 0.4) is 0 Å². The molecule has 0 saturated carbocycles. The molecule has 0 fully saturated rings. The van der Waals surface area contributed by atoms with Crippen LogP contribution in [0.25, 0.3) is 0 Å². The van der Waals surface area contributed by atoms with Gasteiger partial charge >= 0.3 is 6.18 Å². The minimum Gasteiger partial charge on any atom is -0.359 e. The molecule has 1 N–H and O–H groups in total. The zero-order valence-corrected chi connectivity index (χ0v) is 8.77. The van der Waals surface area contributed by atoms with Crippen molar-refractivity contribution in [2.75, 3.05) is 13.7 Å². The number of hydrogen-bond acceptors (Lipinski definition) is 2. The fourth-order valence-corrected chi connectivity index (χ4v) is 2.00. The van der Waals surface area contributed by atoms with E-state index in [1.54, 1.807) is 13.1 Å². The molecule has 16 heavy (non-hydrogen) atoms. The quantitative estimate of drug-likeness (QED) is 0.801. The number of benzene rings is 1. The Morgan fingerprint density at radius 3 is 2.75 bits per heavy atom. The first kappa shape index (κ1) is 11.4. The molecule has 0 aromatic heterocycles. The minimum atomic E-state index is -4.29. The maximum Gasteiger partial charge on any atom is 0.416 e. The predicted molar refractivity (Wildman–Crippen MR) is 52.9 cm³/mol. The third kappa shape index (κ3) is 1.92. The summed E-state index contributed by atoms with van der Waals surface area (Å²) in [5.74, 6) is 0. The standard InChI is InChI=1S/C11H12F3NO/c1-15-10-8-3-2-4-9(11(12,13)14)7(8)5-6-16-10/h2-4,10,15H,5-6H2,1H3. The van der Waals surface area contributed by atoms with E-state index in [9.17, 15) is 13.2 Å². The van der Waals surface area contributed by atoms with Crippen molar-refractivity contribution in [3.63, 3.8) is 0 Å². The summed E-state index contributed by atoms with van der Waals surface area (Å²) in [6.45, 7) is 0.311. The second-order valence-corrected chi connectivity index (χ2v) is 3.66. The van der Waals surface area contributed by atoms with Gasteiger partial charge in [-0.15, -0.1) is 0 Å². The third-order valence-corrected chi connectivity index (χ3v) is 2.70. The number of alkyl halides is 3. The van der Waals surface area contributed by atoms with E-state index >= 15 is 0 Å². The molecule has 0 spiro atoms. The van der Waals surface area contributed by atoms with Gasteiger partial charge in [-0.05, 0) is 30.7 Å². The van der Waals surface area contributed by atoms with Gasteiger partial charge in [0.1, 0.15) is 6.23 Å². The highest BCUT2D eigenvalue weighted by atomic mass is 19.4. The Balaban J connectivity index is 2.51. The Kier molecular flexibility index (Phi) is 2.90. The largest absolute Gasteiger partial charge is 0.416 e. The molecule has 0 saturated heterocycles. The predicted octanol–water partition coefficient (Wildman–Crippen LogP) is 2.50. The summed E-state index contributed by atoms with van der Waals surface area (Å²) in [6, 6.07) is 4.21. The molecular weight excluding hydrogens is 219 g/mol. The van der Waals surface area contributed by atoms with Crippen molar-refractivity contribution in [3.8, 4) is 0 Å². The van der Waals surface area contributed by atoms with E-state index in [0.717, 1.165) is 6.07 Å². The average molecular weight is 231 g/mol. The maximum absolute atomic E-state index is 12.7. The molecule has 0 amide bonds. The second kappa shape index (κ2) is 4.07. The fraction of sp³-hybridized carbons (Fsp3) is 0.455. The molecule has 2 nitrogen and oxygen atoms in total. The smallest absolute Gasteiger partial charge is 0.359 e. The molecule has 1 aromatic carbocycles. The summed E-state index contributed by atoms with van der Waals surface area (Å²) >= 11 is 0. The van der Waals surface area contributed by atoms with Crippen LogP contribution in [0.2, 0.25) is 0 Å². The van der Waals surface area contributed by atoms with E-state index in [1.165, 1.54) is 6.07 Å². The second-order valence-electron chi connectivity index (χ2n) is 3.66. The number of rotatable bonds is 1. The molecule has 0 radical (unpaired) electrons. The van der Waals surface area contributed by atoms with E-state index in [4.69, 9.17) is 4.74 Å². The van der Waals surface area contributed by atoms with Crippen LogP contribution in [-0.4, -0.2) is 13.7 Å². The van der Waals surface area contributed by atoms with E-state index < -0.39 is 18.0 Å². The van der Waals surface area contributed by atoms with Crippen LogP contribution in [0.15, 0.2) is 18.2 Å².